The molecule has 0 amide bonds. The third-order valence-corrected chi connectivity index (χ3v) is 0. The number of rotatable bonds is 0. The summed E-state index contributed by atoms with van der Waals surface area (Å²) in [6.45, 7) is 0. The van der Waals surface area contributed by atoms with Gasteiger partial charge in [0, 0.05) is 0 Å². The van der Waals surface area contributed by atoms with Gasteiger partial charge in [0.05, 0.1) is 0 Å². The van der Waals surface area contributed by atoms with E-state index in [0.29, 0.717) is 0 Å². The van der Waals surface area contributed by atoms with Gasteiger partial charge in [0.25, 0.3) is 0 Å². The van der Waals surface area contributed by atoms with Crippen LogP contribution in [0.25, 0.3) is 0 Å². The van der Waals surface area contributed by atoms with Crippen molar-refractivity contribution in [2.75, 3.05) is 0 Å². The normalized spacial score (nSPS) is 4.80. The Bertz CT molecular complexity index is 123. The Morgan fingerprint density at radius 3 is 0.800 bits per heavy atom. The van der Waals surface area contributed by atoms with E-state index in [1.807, 2.05) is 0 Å². The van der Waals surface area contributed by atoms with Crippen molar-refractivity contribution in [2.45, 2.75) is 0 Å². The van der Waals surface area contributed by atoms with E-state index >= 15 is 0 Å². The summed E-state index contributed by atoms with van der Waals surface area (Å²) in [6, 6.07) is 0. The summed E-state index contributed by atoms with van der Waals surface area (Å²) in [5.41, 5.74) is 0. The fourth-order valence-electron chi connectivity index (χ4n) is 0. The molecule has 0 aromatic carbocycles. The third kappa shape index (κ3) is 1010. The van der Waals surface area contributed by atoms with Crippen LogP contribution in [0.15, 0.2) is 0 Å². The molecule has 0 aromatic heterocycles. The monoisotopic (exact) mass is 284 g/mol. The first-order valence-corrected chi connectivity index (χ1v) is 1.88. The maximum atomic E-state index is 8.44. The zero-order valence-corrected chi connectivity index (χ0v) is 15.3. The number of carbonyl (C=O) groups excluding carboxylic acids is 1. The second kappa shape index (κ2) is 29.6. The molecule has 2 N–H and O–H groups in total. The summed E-state index contributed by atoms with van der Waals surface area (Å²) in [6.07, 6.45) is -6.50. The van der Waals surface area contributed by atoms with Crippen LogP contribution in [0.5, 0.6) is 0 Å². The first-order valence-electron chi connectivity index (χ1n) is 1.88. The van der Waals surface area contributed by atoms with Crippen molar-refractivity contribution in [1.29, 1.82) is 0 Å². The summed E-state index contributed by atoms with van der Waals surface area (Å²) < 4.78 is 0. The summed E-state index contributed by atoms with van der Waals surface area (Å²) in [4.78, 5) is 25.2. The molecule has 0 saturated heterocycles. The summed E-state index contributed by atoms with van der Waals surface area (Å²) >= 11 is 0. The molecule has 0 radical (unpaired) electrons. The van der Waals surface area contributed by atoms with Crippen LogP contribution in [0, 0.1) is 0 Å². The van der Waals surface area contributed by atoms with Gasteiger partial charge in [0.2, 0.25) is 12.3 Å². The zero-order chi connectivity index (χ0) is 10.7. The van der Waals surface area contributed by atoms with E-state index in [2.05, 4.69) is 0 Å². The number of carboxylic acid groups (broad SMARTS) is 6. The molecule has 12 heteroatoms. The van der Waals surface area contributed by atoms with E-state index < -0.39 is 18.5 Å². The second-order valence-corrected chi connectivity index (χ2v) is 0.782. The molecule has 0 aromatic rings. The molecule has 9 nitrogen and oxygen atoms in total. The van der Waals surface area contributed by atoms with Gasteiger partial charge in [-0.15, -0.1) is 0 Å². The molecule has 0 saturated carbocycles. The molecule has 15 heavy (non-hydrogen) atoms. The number of hydrogen-bond donors (Lipinski definition) is 2. The predicted octanol–water partition coefficient (Wildman–Crippen LogP) is -11.0. The molecule has 0 fully saturated rings. The molecule has 0 unspecified atom stereocenters. The SMILES string of the molecule is O=C([O-])O.O=C([O-])O.O=C([O-])[O-].[Ca+2].[K+].[Na+]. The third-order valence-electron chi connectivity index (χ3n) is 0. The van der Waals surface area contributed by atoms with Crippen LogP contribution in [-0.4, -0.2) is 66.4 Å². The second-order valence-electron chi connectivity index (χ2n) is 0.782. The first-order chi connectivity index (χ1) is 5.20. The van der Waals surface area contributed by atoms with E-state index in [1.54, 1.807) is 0 Å². The van der Waals surface area contributed by atoms with Gasteiger partial charge in [-0.25, -0.2) is 0 Å². The Labute approximate surface area is 178 Å². The van der Waals surface area contributed by atoms with E-state index in [-0.39, 0.29) is 119 Å². The Morgan fingerprint density at radius 1 is 0.800 bits per heavy atom. The van der Waals surface area contributed by atoms with Crippen LogP contribution >= 0.6 is 0 Å². The van der Waals surface area contributed by atoms with Gasteiger partial charge in [-0.05, 0) is 6.16 Å². The molecule has 0 aliphatic heterocycles. The smallest absolute Gasteiger partial charge is 0.652 e. The van der Waals surface area contributed by atoms with E-state index in [4.69, 9.17) is 45.0 Å². The van der Waals surface area contributed by atoms with E-state index in [9.17, 15) is 0 Å². The van der Waals surface area contributed by atoms with Crippen molar-refractivity contribution in [3.05, 3.63) is 0 Å². The van der Waals surface area contributed by atoms with E-state index in [1.165, 1.54) is 0 Å². The van der Waals surface area contributed by atoms with Crippen LogP contribution in [0.1, 0.15) is 0 Å². The van der Waals surface area contributed by atoms with Gasteiger partial charge in [-0.3, -0.25) is 0 Å². The minimum absolute atomic E-state index is 0. The van der Waals surface area contributed by atoms with Gasteiger partial charge >= 0.3 is 119 Å². The number of carbonyl (C=O) groups is 3. The molecular weight excluding hydrogens is 282 g/mol. The maximum absolute atomic E-state index is 8.44. The first kappa shape index (κ1) is 36.0. The van der Waals surface area contributed by atoms with Crippen LogP contribution in [0.3, 0.4) is 0 Å². The minimum Gasteiger partial charge on any atom is -0.652 e. The molecular formula is C3H2CaKNaO9. The Hall–Kier alpha value is 1.71. The molecule has 0 rings (SSSR count). The van der Waals surface area contributed by atoms with Crippen LogP contribution in [-0.2, 0) is 0 Å². The van der Waals surface area contributed by atoms with Crippen molar-refractivity contribution < 1.29 is 126 Å². The van der Waals surface area contributed by atoms with Gasteiger partial charge in [-0.2, -0.15) is 0 Å². The van der Waals surface area contributed by atoms with E-state index in [0.717, 1.165) is 0 Å². The van der Waals surface area contributed by atoms with Crippen molar-refractivity contribution in [2.24, 2.45) is 0 Å². The molecule has 0 aliphatic rings. The maximum Gasteiger partial charge on any atom is 2.00 e. The van der Waals surface area contributed by atoms with Crippen LogP contribution < -0.4 is 101 Å². The van der Waals surface area contributed by atoms with Crippen LogP contribution in [0.4, 0.5) is 14.4 Å². The molecule has 0 aliphatic carbocycles. The molecule has 0 spiro atoms. The van der Waals surface area contributed by atoms with Crippen molar-refractivity contribution in [1.82, 2.24) is 0 Å². The van der Waals surface area contributed by atoms with Gasteiger partial charge in [0.1, 0.15) is 0 Å². The fourth-order valence-corrected chi connectivity index (χ4v) is 0. The topological polar surface area (TPSA) is 184 Å². The molecule has 0 heterocycles. The molecule has 0 atom stereocenters. The van der Waals surface area contributed by atoms with Crippen LogP contribution in [0.2, 0.25) is 0 Å². The molecule has 72 valence electrons. The predicted molar refractivity (Wildman–Crippen MR) is 27.2 cm³/mol. The number of hydrogen-bond acceptors (Lipinski definition) is 7. The zero-order valence-electron chi connectivity index (χ0n) is 7.96. The van der Waals surface area contributed by atoms with Crippen molar-refractivity contribution in [3.63, 3.8) is 0 Å². The average molecular weight is 284 g/mol. The Balaban J connectivity index is -0.0000000184. The van der Waals surface area contributed by atoms with Crippen molar-refractivity contribution in [3.8, 4) is 0 Å². The minimum atomic E-state index is -2.33. The fraction of sp³-hybridized carbons (Fsp3) is 0. The van der Waals surface area contributed by atoms with Crippen molar-refractivity contribution >= 4 is 56.2 Å². The standard InChI is InChI=1S/3CH2O3.Ca.K.Na/c3*2-1(3)4;;;/h3*(H2,2,3,4);;;/q;;;+2;2*+1/p-4. The van der Waals surface area contributed by atoms with Gasteiger partial charge in [-0.1, -0.05) is 0 Å². The summed E-state index contributed by atoms with van der Waals surface area (Å²) in [5.74, 6) is 0. The Morgan fingerprint density at radius 2 is 0.800 bits per heavy atom. The van der Waals surface area contributed by atoms with Gasteiger partial charge in [0.15, 0.2) is 0 Å². The quantitative estimate of drug-likeness (QED) is 0.407. The summed E-state index contributed by atoms with van der Waals surface area (Å²) in [7, 11) is 0. The largest absolute Gasteiger partial charge is 2.00 e. The van der Waals surface area contributed by atoms with Gasteiger partial charge < -0.3 is 45.0 Å². The molecule has 0 bridgehead atoms. The average Bonchev–Trinajstić information content (AvgIpc) is 1.54. The summed E-state index contributed by atoms with van der Waals surface area (Å²) in [5, 5.41) is 47.3. The Kier molecular flexibility index (Phi) is 71.0.